The van der Waals surface area contributed by atoms with Gasteiger partial charge in [0.05, 0.1) is 18.8 Å². The van der Waals surface area contributed by atoms with Gasteiger partial charge in [0.25, 0.3) is 0 Å². The Morgan fingerprint density at radius 3 is 2.76 bits per heavy atom. The number of aliphatic hydroxyl groups excluding tert-OH is 1. The van der Waals surface area contributed by atoms with Gasteiger partial charge in [-0.2, -0.15) is 0 Å². The van der Waals surface area contributed by atoms with E-state index in [2.05, 4.69) is 10.6 Å². The average Bonchev–Trinajstić information content (AvgIpc) is 3.27. The fraction of sp³-hybridized carbons (Fsp3) is 0.562. The lowest BCUT2D eigenvalue weighted by Gasteiger charge is -2.28. The molecule has 5 heteroatoms. The first-order valence-electron chi connectivity index (χ1n) is 7.42. The van der Waals surface area contributed by atoms with E-state index >= 15 is 0 Å². The van der Waals surface area contributed by atoms with Gasteiger partial charge in [-0.3, -0.25) is 0 Å². The van der Waals surface area contributed by atoms with Crippen molar-refractivity contribution >= 4 is 11.7 Å². The third-order valence-corrected chi connectivity index (χ3v) is 3.95. The van der Waals surface area contributed by atoms with Gasteiger partial charge in [-0.05, 0) is 51.2 Å². The summed E-state index contributed by atoms with van der Waals surface area (Å²) < 4.78 is 5.52. The molecule has 116 valence electrons. The molecule has 1 fully saturated rings. The Bertz CT molecular complexity index is 514. The van der Waals surface area contributed by atoms with Crippen molar-refractivity contribution in [1.29, 1.82) is 0 Å². The van der Waals surface area contributed by atoms with Crippen LogP contribution in [0.15, 0.2) is 18.2 Å². The number of urea groups is 1. The predicted molar refractivity (Wildman–Crippen MR) is 82.7 cm³/mol. The van der Waals surface area contributed by atoms with Crippen molar-refractivity contribution in [2.45, 2.75) is 39.2 Å². The van der Waals surface area contributed by atoms with Crippen molar-refractivity contribution in [2.24, 2.45) is 5.92 Å². The highest BCUT2D eigenvalue weighted by Crippen LogP contribution is 2.39. The van der Waals surface area contributed by atoms with Crippen LogP contribution in [0.5, 0.6) is 5.75 Å². The first-order valence-corrected chi connectivity index (χ1v) is 7.42. The molecule has 1 aromatic carbocycles. The molecule has 0 spiro atoms. The summed E-state index contributed by atoms with van der Waals surface area (Å²) in [5.41, 5.74) is 1.16. The van der Waals surface area contributed by atoms with Crippen molar-refractivity contribution in [2.75, 3.05) is 18.5 Å². The molecule has 3 N–H and O–H groups in total. The Labute approximate surface area is 125 Å². The smallest absolute Gasteiger partial charge is 0.319 e. The third-order valence-electron chi connectivity index (χ3n) is 3.95. The average molecular weight is 292 g/mol. The molecule has 21 heavy (non-hydrogen) atoms. The summed E-state index contributed by atoms with van der Waals surface area (Å²) in [6.45, 7) is 6.30. The molecule has 2 amide bonds. The van der Waals surface area contributed by atoms with Crippen molar-refractivity contribution in [3.63, 3.8) is 0 Å². The molecule has 1 aliphatic carbocycles. The minimum absolute atomic E-state index is 0.0524. The number of aryl methyl sites for hydroxylation is 1. The van der Waals surface area contributed by atoms with Crippen LogP contribution in [0.3, 0.4) is 0 Å². The Balaban J connectivity index is 2.00. The van der Waals surface area contributed by atoms with Crippen molar-refractivity contribution in [3.8, 4) is 5.75 Å². The second-order valence-corrected chi connectivity index (χ2v) is 5.84. The van der Waals surface area contributed by atoms with Crippen LogP contribution in [0.1, 0.15) is 32.3 Å². The number of amides is 2. The van der Waals surface area contributed by atoms with Crippen LogP contribution in [0.25, 0.3) is 0 Å². The molecule has 1 aromatic rings. The van der Waals surface area contributed by atoms with Crippen LogP contribution in [-0.4, -0.2) is 29.9 Å². The van der Waals surface area contributed by atoms with E-state index in [4.69, 9.17) is 4.74 Å². The van der Waals surface area contributed by atoms with Crippen molar-refractivity contribution in [3.05, 3.63) is 23.8 Å². The number of anilines is 1. The van der Waals surface area contributed by atoms with Gasteiger partial charge in [-0.15, -0.1) is 0 Å². The van der Waals surface area contributed by atoms with Crippen molar-refractivity contribution < 1.29 is 14.6 Å². The molecule has 1 aliphatic rings. The zero-order valence-electron chi connectivity index (χ0n) is 12.9. The first-order chi connectivity index (χ1) is 9.98. The summed E-state index contributed by atoms with van der Waals surface area (Å²) in [7, 11) is 0. The zero-order valence-corrected chi connectivity index (χ0v) is 12.9. The summed E-state index contributed by atoms with van der Waals surface area (Å²) in [6, 6.07) is 5.26. The van der Waals surface area contributed by atoms with E-state index in [1.54, 1.807) is 0 Å². The van der Waals surface area contributed by atoms with E-state index in [9.17, 15) is 9.90 Å². The molecule has 0 radical (unpaired) electrons. The van der Waals surface area contributed by atoms with Gasteiger partial charge in [-0.1, -0.05) is 6.07 Å². The maximum atomic E-state index is 12.1. The second kappa shape index (κ2) is 6.35. The quantitative estimate of drug-likeness (QED) is 0.755. The molecular weight excluding hydrogens is 268 g/mol. The zero-order chi connectivity index (χ0) is 15.5. The molecule has 0 aliphatic heterocycles. The van der Waals surface area contributed by atoms with E-state index in [0.29, 0.717) is 18.2 Å². The fourth-order valence-corrected chi connectivity index (χ4v) is 2.40. The molecule has 0 bridgehead atoms. The minimum atomic E-state index is -0.544. The molecule has 1 saturated carbocycles. The Kier molecular flexibility index (Phi) is 4.73. The summed E-state index contributed by atoms with van der Waals surface area (Å²) >= 11 is 0. The van der Waals surface area contributed by atoms with E-state index in [-0.39, 0.29) is 12.6 Å². The number of hydrogen-bond acceptors (Lipinski definition) is 3. The van der Waals surface area contributed by atoms with E-state index in [1.165, 1.54) is 0 Å². The highest BCUT2D eigenvalue weighted by atomic mass is 16.5. The molecule has 5 nitrogen and oxygen atoms in total. The molecule has 2 rings (SSSR count). The predicted octanol–water partition coefficient (Wildman–Crippen LogP) is 2.68. The van der Waals surface area contributed by atoms with Crippen LogP contribution < -0.4 is 15.4 Å². The topological polar surface area (TPSA) is 70.6 Å². The molecule has 0 saturated heterocycles. The van der Waals surface area contributed by atoms with Gasteiger partial charge in [0.1, 0.15) is 5.75 Å². The summed E-state index contributed by atoms with van der Waals surface area (Å²) in [5, 5.41) is 15.2. The molecule has 1 atom stereocenters. The normalized spacial score (nSPS) is 17.0. The van der Waals surface area contributed by atoms with Crippen LogP contribution in [-0.2, 0) is 0 Å². The van der Waals surface area contributed by atoms with Crippen molar-refractivity contribution in [1.82, 2.24) is 5.32 Å². The molecular formula is C16H24N2O3. The SMILES string of the molecule is CCOc1cc(NC(=O)N[C@@](C)(CO)C2CC2)ccc1C. The molecule has 0 heterocycles. The second-order valence-electron chi connectivity index (χ2n) is 5.84. The number of nitrogens with one attached hydrogen (secondary N) is 2. The maximum Gasteiger partial charge on any atom is 0.319 e. The highest BCUT2D eigenvalue weighted by Gasteiger charge is 2.42. The third kappa shape index (κ3) is 3.88. The Hall–Kier alpha value is -1.75. The minimum Gasteiger partial charge on any atom is -0.494 e. The number of hydrogen-bond donors (Lipinski definition) is 3. The maximum absolute atomic E-state index is 12.1. The monoisotopic (exact) mass is 292 g/mol. The standard InChI is InChI=1S/C16H24N2O3/c1-4-21-14-9-13(8-5-11(14)2)17-15(20)18-16(3,10-19)12-6-7-12/h5,8-9,12,19H,4,6-7,10H2,1-3H3,(H2,17,18,20)/t16-/m0/s1. The molecule has 0 unspecified atom stereocenters. The van der Waals surface area contributed by atoms with Gasteiger partial charge in [0.2, 0.25) is 0 Å². The lowest BCUT2D eigenvalue weighted by Crippen LogP contribution is -2.52. The van der Waals surface area contributed by atoms with E-state index < -0.39 is 5.54 Å². The number of rotatable bonds is 6. The lowest BCUT2D eigenvalue weighted by molar-refractivity contribution is 0.159. The lowest BCUT2D eigenvalue weighted by atomic mass is 9.97. The summed E-state index contributed by atoms with van der Waals surface area (Å²) in [5.74, 6) is 1.13. The van der Waals surface area contributed by atoms with Gasteiger partial charge < -0.3 is 20.5 Å². The Morgan fingerprint density at radius 1 is 1.48 bits per heavy atom. The summed E-state index contributed by atoms with van der Waals surface area (Å²) in [6.07, 6.45) is 2.10. The fourth-order valence-electron chi connectivity index (χ4n) is 2.40. The van der Waals surface area contributed by atoms with Gasteiger partial charge in [0, 0.05) is 11.8 Å². The van der Waals surface area contributed by atoms with Crippen LogP contribution in [0, 0.1) is 12.8 Å². The van der Waals surface area contributed by atoms with Crippen LogP contribution >= 0.6 is 0 Å². The van der Waals surface area contributed by atoms with Crippen LogP contribution in [0.2, 0.25) is 0 Å². The van der Waals surface area contributed by atoms with E-state index in [1.807, 2.05) is 39.0 Å². The highest BCUT2D eigenvalue weighted by molar-refractivity contribution is 5.90. The summed E-state index contributed by atoms with van der Waals surface area (Å²) in [4.78, 5) is 12.1. The van der Waals surface area contributed by atoms with E-state index in [0.717, 1.165) is 24.2 Å². The number of carbonyl (C=O) groups excluding carboxylic acids is 1. The number of aliphatic hydroxyl groups is 1. The number of ether oxygens (including phenoxy) is 1. The van der Waals surface area contributed by atoms with Gasteiger partial charge in [0.15, 0.2) is 0 Å². The molecule has 0 aromatic heterocycles. The van der Waals surface area contributed by atoms with Gasteiger partial charge >= 0.3 is 6.03 Å². The van der Waals surface area contributed by atoms with Gasteiger partial charge in [-0.25, -0.2) is 4.79 Å². The van der Waals surface area contributed by atoms with Crippen LogP contribution in [0.4, 0.5) is 10.5 Å². The number of benzene rings is 1. The first kappa shape index (κ1) is 15.6. The number of carbonyl (C=O) groups is 1. The largest absolute Gasteiger partial charge is 0.494 e. The Morgan fingerprint density at radius 2 is 2.19 bits per heavy atom.